The first-order valence-electron chi connectivity index (χ1n) is 8.44. The summed E-state index contributed by atoms with van der Waals surface area (Å²) in [4.78, 5) is 0. The summed E-state index contributed by atoms with van der Waals surface area (Å²) in [5.74, 6) is 0. The lowest BCUT2D eigenvalue weighted by Crippen LogP contribution is -2.01. The normalized spacial score (nSPS) is 11.3. The number of rotatable bonds is 4. The molecule has 0 unspecified atom stereocenters. The lowest BCUT2D eigenvalue weighted by atomic mass is 9.99. The summed E-state index contributed by atoms with van der Waals surface area (Å²) in [5.41, 5.74) is 1.24. The zero-order chi connectivity index (χ0) is 15.6. The van der Waals surface area contributed by atoms with Crippen molar-refractivity contribution in [3.63, 3.8) is 0 Å². The zero-order valence-electron chi connectivity index (χ0n) is 13.5. The summed E-state index contributed by atoms with van der Waals surface area (Å²) in [7, 11) is 0. The highest BCUT2D eigenvalue weighted by Gasteiger charge is 2.04. The van der Waals surface area contributed by atoms with E-state index in [0.29, 0.717) is 0 Å². The van der Waals surface area contributed by atoms with Crippen molar-refractivity contribution in [3.05, 3.63) is 66.7 Å². The molecule has 114 valence electrons. The van der Waals surface area contributed by atoms with Gasteiger partial charge in [-0.2, -0.15) is 0 Å². The van der Waals surface area contributed by atoms with Gasteiger partial charge in [0.1, 0.15) is 0 Å². The Labute approximate surface area is 136 Å². The van der Waals surface area contributed by atoms with Gasteiger partial charge in [0.15, 0.2) is 0 Å². The first kappa shape index (κ1) is 14.1. The SMILES string of the molecule is CCCCNc1cccc2cc3cc4ccccc4cc3cc12. The fraction of sp³-hybridized carbons (Fsp3) is 0.182. The third-order valence-electron chi connectivity index (χ3n) is 4.55. The molecule has 0 bridgehead atoms. The Morgan fingerprint density at radius 3 is 2.09 bits per heavy atom. The quantitative estimate of drug-likeness (QED) is 0.341. The molecule has 0 aromatic heterocycles. The van der Waals surface area contributed by atoms with Gasteiger partial charge < -0.3 is 5.32 Å². The van der Waals surface area contributed by atoms with Crippen LogP contribution in [0.3, 0.4) is 0 Å². The highest BCUT2D eigenvalue weighted by molar-refractivity contribution is 6.07. The molecule has 0 fully saturated rings. The van der Waals surface area contributed by atoms with Crippen LogP contribution in [-0.2, 0) is 0 Å². The largest absolute Gasteiger partial charge is 0.385 e. The van der Waals surface area contributed by atoms with E-state index in [1.807, 2.05) is 0 Å². The van der Waals surface area contributed by atoms with Gasteiger partial charge in [0.25, 0.3) is 0 Å². The standard InChI is InChI=1S/C22H21N/c1-2-3-11-23-22-10-6-9-18-14-19-12-16-7-4-5-8-17(16)13-20(19)15-21(18)22/h4-10,12-15,23H,2-3,11H2,1H3. The summed E-state index contributed by atoms with van der Waals surface area (Å²) in [6, 6.07) is 24.3. The van der Waals surface area contributed by atoms with E-state index < -0.39 is 0 Å². The summed E-state index contributed by atoms with van der Waals surface area (Å²) >= 11 is 0. The number of hydrogen-bond donors (Lipinski definition) is 1. The number of hydrogen-bond acceptors (Lipinski definition) is 1. The second-order valence-corrected chi connectivity index (χ2v) is 6.21. The van der Waals surface area contributed by atoms with Crippen LogP contribution in [0.15, 0.2) is 66.7 Å². The van der Waals surface area contributed by atoms with E-state index in [0.717, 1.165) is 6.54 Å². The molecule has 0 aliphatic carbocycles. The molecule has 1 heteroatoms. The van der Waals surface area contributed by atoms with Gasteiger partial charge in [0.05, 0.1) is 0 Å². The van der Waals surface area contributed by atoms with Gasteiger partial charge in [-0.3, -0.25) is 0 Å². The average molecular weight is 299 g/mol. The third kappa shape index (κ3) is 2.63. The van der Waals surface area contributed by atoms with Gasteiger partial charge in [0, 0.05) is 17.6 Å². The van der Waals surface area contributed by atoms with Crippen LogP contribution in [0.5, 0.6) is 0 Å². The monoisotopic (exact) mass is 299 g/mol. The van der Waals surface area contributed by atoms with Crippen LogP contribution >= 0.6 is 0 Å². The highest BCUT2D eigenvalue weighted by Crippen LogP contribution is 2.31. The van der Waals surface area contributed by atoms with E-state index in [-0.39, 0.29) is 0 Å². The van der Waals surface area contributed by atoms with Crippen LogP contribution in [0.4, 0.5) is 5.69 Å². The van der Waals surface area contributed by atoms with Gasteiger partial charge in [-0.25, -0.2) is 0 Å². The van der Waals surface area contributed by atoms with Crippen LogP contribution in [0, 0.1) is 0 Å². The molecule has 0 saturated heterocycles. The number of nitrogens with one attached hydrogen (secondary N) is 1. The molecule has 0 heterocycles. The maximum absolute atomic E-state index is 3.59. The Hall–Kier alpha value is -2.54. The maximum Gasteiger partial charge on any atom is 0.0420 e. The molecule has 0 saturated carbocycles. The minimum atomic E-state index is 1.03. The third-order valence-corrected chi connectivity index (χ3v) is 4.55. The molecule has 0 aliphatic heterocycles. The molecular formula is C22H21N. The molecule has 23 heavy (non-hydrogen) atoms. The van der Waals surface area contributed by atoms with Crippen LogP contribution < -0.4 is 5.32 Å². The van der Waals surface area contributed by atoms with E-state index in [9.17, 15) is 0 Å². The van der Waals surface area contributed by atoms with Crippen molar-refractivity contribution >= 4 is 38.0 Å². The van der Waals surface area contributed by atoms with Crippen LogP contribution in [-0.4, -0.2) is 6.54 Å². The fourth-order valence-electron chi connectivity index (χ4n) is 3.27. The molecule has 4 aromatic rings. The van der Waals surface area contributed by atoms with E-state index in [1.54, 1.807) is 0 Å². The van der Waals surface area contributed by atoms with Gasteiger partial charge >= 0.3 is 0 Å². The Kier molecular flexibility index (Phi) is 3.63. The van der Waals surface area contributed by atoms with E-state index in [1.165, 1.54) is 50.8 Å². The highest BCUT2D eigenvalue weighted by atomic mass is 14.9. The average Bonchev–Trinajstić information content (AvgIpc) is 2.58. The molecule has 0 spiro atoms. The maximum atomic E-state index is 3.59. The van der Waals surface area contributed by atoms with Gasteiger partial charge in [-0.05, 0) is 63.7 Å². The number of unbranched alkanes of at least 4 members (excludes halogenated alkanes) is 1. The molecule has 4 rings (SSSR count). The van der Waals surface area contributed by atoms with Crippen molar-refractivity contribution in [3.8, 4) is 0 Å². The van der Waals surface area contributed by atoms with Crippen molar-refractivity contribution in [2.75, 3.05) is 11.9 Å². The zero-order valence-corrected chi connectivity index (χ0v) is 13.5. The van der Waals surface area contributed by atoms with Crippen molar-refractivity contribution in [1.29, 1.82) is 0 Å². The van der Waals surface area contributed by atoms with E-state index >= 15 is 0 Å². The van der Waals surface area contributed by atoms with E-state index in [4.69, 9.17) is 0 Å². The fourth-order valence-corrected chi connectivity index (χ4v) is 3.27. The molecule has 1 N–H and O–H groups in total. The Bertz CT molecular complexity index is 985. The van der Waals surface area contributed by atoms with Crippen molar-refractivity contribution < 1.29 is 0 Å². The smallest absolute Gasteiger partial charge is 0.0420 e. The van der Waals surface area contributed by atoms with Gasteiger partial charge in [-0.15, -0.1) is 0 Å². The number of anilines is 1. The van der Waals surface area contributed by atoms with Crippen LogP contribution in [0.2, 0.25) is 0 Å². The number of benzene rings is 4. The van der Waals surface area contributed by atoms with Crippen molar-refractivity contribution in [1.82, 2.24) is 0 Å². The van der Waals surface area contributed by atoms with Gasteiger partial charge in [-0.1, -0.05) is 49.7 Å². The predicted molar refractivity (Wildman–Crippen MR) is 102 cm³/mol. The van der Waals surface area contributed by atoms with Crippen LogP contribution in [0.25, 0.3) is 32.3 Å². The summed E-state index contributed by atoms with van der Waals surface area (Å²) in [6.07, 6.45) is 2.42. The molecular weight excluding hydrogens is 278 g/mol. The first-order chi connectivity index (χ1) is 11.3. The lowest BCUT2D eigenvalue weighted by molar-refractivity contribution is 0.835. The minimum absolute atomic E-state index is 1.03. The molecule has 0 aliphatic rings. The predicted octanol–water partition coefficient (Wildman–Crippen LogP) is 6.36. The van der Waals surface area contributed by atoms with E-state index in [2.05, 4.69) is 79.0 Å². The molecule has 0 amide bonds. The lowest BCUT2D eigenvalue weighted by Gasteiger charge is -2.11. The molecule has 0 radical (unpaired) electrons. The molecule has 4 aromatic carbocycles. The Balaban J connectivity index is 1.90. The molecule has 0 atom stereocenters. The Morgan fingerprint density at radius 2 is 1.35 bits per heavy atom. The Morgan fingerprint density at radius 1 is 0.696 bits per heavy atom. The summed E-state index contributed by atoms with van der Waals surface area (Å²) in [6.45, 7) is 3.26. The second-order valence-electron chi connectivity index (χ2n) is 6.21. The minimum Gasteiger partial charge on any atom is -0.385 e. The van der Waals surface area contributed by atoms with Gasteiger partial charge in [0.2, 0.25) is 0 Å². The summed E-state index contributed by atoms with van der Waals surface area (Å²) in [5, 5.41) is 11.4. The van der Waals surface area contributed by atoms with Crippen molar-refractivity contribution in [2.24, 2.45) is 0 Å². The number of fused-ring (bicyclic) bond motifs is 3. The molecule has 1 nitrogen and oxygen atoms in total. The second kappa shape index (κ2) is 5.92. The first-order valence-corrected chi connectivity index (χ1v) is 8.44. The van der Waals surface area contributed by atoms with Crippen molar-refractivity contribution in [2.45, 2.75) is 19.8 Å². The topological polar surface area (TPSA) is 12.0 Å². The summed E-state index contributed by atoms with van der Waals surface area (Å²) < 4.78 is 0. The van der Waals surface area contributed by atoms with Crippen LogP contribution in [0.1, 0.15) is 19.8 Å².